The maximum atomic E-state index is 11.4. The number of phenolic OH excluding ortho intramolecular Hbond substituents is 2. The highest BCUT2D eigenvalue weighted by Gasteiger charge is 2.06. The monoisotopic (exact) mass is 404 g/mol. The lowest BCUT2D eigenvalue weighted by molar-refractivity contribution is 0.475. The van der Waals surface area contributed by atoms with Gasteiger partial charge >= 0.3 is 0 Å². The molecule has 6 heteroatoms. The van der Waals surface area contributed by atoms with Crippen molar-refractivity contribution in [1.82, 2.24) is 10.3 Å². The van der Waals surface area contributed by atoms with E-state index in [1.54, 1.807) is 24.3 Å². The zero-order valence-corrected chi connectivity index (χ0v) is 15.4. The molecule has 1 aromatic heterocycles. The largest absolute Gasteiger partial charge is 0.508 e. The number of aromatic nitrogens is 1. The summed E-state index contributed by atoms with van der Waals surface area (Å²) in [5, 5.41) is 23.4. The predicted octanol–water partition coefficient (Wildman–Crippen LogP) is 2.89. The molecule has 0 amide bonds. The number of phenols is 2. The number of rotatable bonds is 6. The molecule has 0 unspecified atom stereocenters. The third-order valence-corrected chi connectivity index (χ3v) is 4.06. The molecule has 0 bridgehead atoms. The lowest BCUT2D eigenvalue weighted by Crippen LogP contribution is -2.20. The van der Waals surface area contributed by atoms with E-state index in [-0.39, 0.29) is 34.0 Å². The second-order valence-electron chi connectivity index (χ2n) is 5.77. The summed E-state index contributed by atoms with van der Waals surface area (Å²) in [7, 11) is 0. The smallest absolute Gasteiger partial charge is 0.248 e. The van der Waals surface area contributed by atoms with Crippen LogP contribution < -0.4 is 10.9 Å². The van der Waals surface area contributed by atoms with Gasteiger partial charge in [0.05, 0.1) is 5.52 Å². The number of aromatic hydroxyl groups is 2. The molecule has 0 aliphatic heterocycles. The van der Waals surface area contributed by atoms with Crippen molar-refractivity contribution in [1.29, 1.82) is 0 Å². The van der Waals surface area contributed by atoms with Crippen molar-refractivity contribution in [2.75, 3.05) is 13.1 Å². The van der Waals surface area contributed by atoms with Gasteiger partial charge in [-0.3, -0.25) is 4.79 Å². The molecule has 25 heavy (non-hydrogen) atoms. The van der Waals surface area contributed by atoms with Crippen molar-refractivity contribution in [3.05, 3.63) is 70.0 Å². The van der Waals surface area contributed by atoms with Crippen molar-refractivity contribution >= 4 is 27.9 Å². The van der Waals surface area contributed by atoms with Crippen LogP contribution in [0.1, 0.15) is 11.1 Å². The normalized spacial score (nSPS) is 10.6. The second-order valence-corrected chi connectivity index (χ2v) is 5.77. The first-order valence-electron chi connectivity index (χ1n) is 7.96. The average molecular weight is 405 g/mol. The minimum Gasteiger partial charge on any atom is -0.508 e. The maximum absolute atomic E-state index is 11.4. The van der Waals surface area contributed by atoms with Gasteiger partial charge in [0.2, 0.25) is 5.56 Å². The van der Waals surface area contributed by atoms with Crippen LogP contribution in [0.15, 0.2) is 53.3 Å². The maximum Gasteiger partial charge on any atom is 0.248 e. The molecule has 0 saturated carbocycles. The fourth-order valence-corrected chi connectivity index (χ4v) is 2.76. The fraction of sp³-hybridized carbons (Fsp3) is 0.211. The number of halogens is 1. The Hall–Kier alpha value is -2.31. The highest BCUT2D eigenvalue weighted by molar-refractivity contribution is 8.93. The van der Waals surface area contributed by atoms with E-state index in [1.807, 2.05) is 18.2 Å². The molecule has 5 nitrogen and oxygen atoms in total. The van der Waals surface area contributed by atoms with Crippen LogP contribution in [0.5, 0.6) is 11.5 Å². The van der Waals surface area contributed by atoms with E-state index >= 15 is 0 Å². The molecular weight excluding hydrogens is 384 g/mol. The summed E-state index contributed by atoms with van der Waals surface area (Å²) < 4.78 is 0. The summed E-state index contributed by atoms with van der Waals surface area (Å²) >= 11 is 0. The number of hydrogen-bond acceptors (Lipinski definition) is 4. The van der Waals surface area contributed by atoms with E-state index in [2.05, 4.69) is 10.3 Å². The molecule has 3 rings (SSSR count). The number of H-pyrrole nitrogens is 1. The van der Waals surface area contributed by atoms with Gasteiger partial charge in [-0.2, -0.15) is 0 Å². The molecule has 0 aliphatic carbocycles. The Bertz CT molecular complexity index is 891. The van der Waals surface area contributed by atoms with Crippen LogP contribution in [0.3, 0.4) is 0 Å². The Labute approximate surface area is 156 Å². The number of aromatic amines is 1. The zero-order valence-electron chi connectivity index (χ0n) is 13.7. The number of hydrogen-bond donors (Lipinski definition) is 4. The van der Waals surface area contributed by atoms with Gasteiger partial charge in [-0.25, -0.2) is 0 Å². The van der Waals surface area contributed by atoms with Crippen molar-refractivity contribution in [2.24, 2.45) is 0 Å². The summed E-state index contributed by atoms with van der Waals surface area (Å²) in [4.78, 5) is 14.1. The van der Waals surface area contributed by atoms with Crippen LogP contribution in [-0.2, 0) is 12.8 Å². The summed E-state index contributed by atoms with van der Waals surface area (Å²) in [6.45, 7) is 1.65. The number of nitrogens with one attached hydrogen (secondary N) is 2. The highest BCUT2D eigenvalue weighted by atomic mass is 79.9. The summed E-state index contributed by atoms with van der Waals surface area (Å²) in [6.07, 6.45) is 1.70. The predicted molar refractivity (Wildman–Crippen MR) is 105 cm³/mol. The van der Waals surface area contributed by atoms with Gasteiger partial charge in [-0.1, -0.05) is 18.2 Å². The summed E-state index contributed by atoms with van der Waals surface area (Å²) in [6, 6.07) is 13.9. The van der Waals surface area contributed by atoms with Crippen molar-refractivity contribution < 1.29 is 10.2 Å². The molecule has 0 saturated heterocycles. The SMILES string of the molecule is Br.O=c1ccc2c(CCNCCc3ccc(O)cc3)ccc(O)c2[nH]1. The van der Waals surface area contributed by atoms with E-state index in [0.717, 1.165) is 36.9 Å². The topological polar surface area (TPSA) is 85.3 Å². The molecule has 0 radical (unpaired) electrons. The van der Waals surface area contributed by atoms with Crippen molar-refractivity contribution in [3.8, 4) is 11.5 Å². The molecule has 0 atom stereocenters. The van der Waals surface area contributed by atoms with E-state index in [4.69, 9.17) is 0 Å². The minimum atomic E-state index is -0.220. The van der Waals surface area contributed by atoms with E-state index in [9.17, 15) is 15.0 Å². The summed E-state index contributed by atoms with van der Waals surface area (Å²) in [5.74, 6) is 0.371. The standard InChI is InChI=1S/C19H20N2O3.BrH/c22-15-4-1-13(2-5-15)9-11-20-12-10-14-3-7-17(23)19-16(14)6-8-18(24)21-19;/h1-8,20,22-23H,9-12H2,(H,21,24);1H. The molecule has 132 valence electrons. The molecule has 3 aromatic rings. The number of fused-ring (bicyclic) bond motifs is 1. The van der Waals surface area contributed by atoms with Crippen LogP contribution in [-0.4, -0.2) is 28.3 Å². The molecule has 0 fully saturated rings. The Morgan fingerprint density at radius 1 is 0.880 bits per heavy atom. The Morgan fingerprint density at radius 2 is 1.60 bits per heavy atom. The van der Waals surface area contributed by atoms with Crippen LogP contribution in [0.25, 0.3) is 10.9 Å². The first-order valence-corrected chi connectivity index (χ1v) is 7.96. The number of pyridine rings is 1. The van der Waals surface area contributed by atoms with Crippen LogP contribution in [0.2, 0.25) is 0 Å². The quantitative estimate of drug-likeness (QED) is 0.475. The van der Waals surface area contributed by atoms with Crippen LogP contribution in [0, 0.1) is 0 Å². The van der Waals surface area contributed by atoms with Gasteiger partial charge in [-0.05, 0) is 61.3 Å². The zero-order chi connectivity index (χ0) is 16.9. The Kier molecular flexibility index (Phi) is 6.61. The minimum absolute atomic E-state index is 0. The van der Waals surface area contributed by atoms with Gasteiger partial charge in [0.25, 0.3) is 0 Å². The van der Waals surface area contributed by atoms with Gasteiger partial charge in [0, 0.05) is 11.5 Å². The first kappa shape index (κ1) is 19.0. The third-order valence-electron chi connectivity index (χ3n) is 4.06. The molecular formula is C19H21BrN2O3. The lowest BCUT2D eigenvalue weighted by atomic mass is 10.0. The van der Waals surface area contributed by atoms with Crippen LogP contribution in [0.4, 0.5) is 0 Å². The van der Waals surface area contributed by atoms with Gasteiger partial charge < -0.3 is 20.5 Å². The third kappa shape index (κ3) is 4.84. The second kappa shape index (κ2) is 8.69. The number of benzene rings is 2. The molecule has 2 aromatic carbocycles. The molecule has 4 N–H and O–H groups in total. The highest BCUT2D eigenvalue weighted by Crippen LogP contribution is 2.24. The summed E-state index contributed by atoms with van der Waals surface area (Å²) in [5.41, 5.74) is 2.52. The van der Waals surface area contributed by atoms with E-state index in [1.165, 1.54) is 11.6 Å². The van der Waals surface area contributed by atoms with Gasteiger partial charge in [0.15, 0.2) is 0 Å². The van der Waals surface area contributed by atoms with Gasteiger partial charge in [-0.15, -0.1) is 17.0 Å². The Morgan fingerprint density at radius 3 is 2.36 bits per heavy atom. The van der Waals surface area contributed by atoms with Gasteiger partial charge in [0.1, 0.15) is 11.5 Å². The van der Waals surface area contributed by atoms with Crippen molar-refractivity contribution in [2.45, 2.75) is 12.8 Å². The average Bonchev–Trinajstić information content (AvgIpc) is 2.58. The fourth-order valence-electron chi connectivity index (χ4n) is 2.76. The molecule has 0 aliphatic rings. The van der Waals surface area contributed by atoms with Crippen molar-refractivity contribution in [3.63, 3.8) is 0 Å². The molecule has 1 heterocycles. The van der Waals surface area contributed by atoms with E-state index < -0.39 is 0 Å². The van der Waals surface area contributed by atoms with E-state index in [0.29, 0.717) is 5.52 Å². The first-order chi connectivity index (χ1) is 11.6. The molecule has 0 spiro atoms. The lowest BCUT2D eigenvalue weighted by Gasteiger charge is -2.09. The Balaban J connectivity index is 0.00000225. The van der Waals surface area contributed by atoms with Crippen LogP contribution >= 0.6 is 17.0 Å².